The first-order chi connectivity index (χ1) is 10.4. The molecular formula is C18H32N2O3. The smallest absolute Gasteiger partial charge is 0.410 e. The van der Waals surface area contributed by atoms with Gasteiger partial charge in [0.2, 0.25) is 5.91 Å². The molecule has 0 heterocycles. The molecule has 0 aliphatic heterocycles. The van der Waals surface area contributed by atoms with Crippen LogP contribution >= 0.6 is 0 Å². The maximum Gasteiger partial charge on any atom is 0.410 e. The summed E-state index contributed by atoms with van der Waals surface area (Å²) in [5.41, 5.74) is 0.742. The molecule has 1 rings (SSSR count). The van der Waals surface area contributed by atoms with E-state index < -0.39 is 5.60 Å². The van der Waals surface area contributed by atoms with E-state index in [1.807, 2.05) is 20.8 Å². The summed E-state index contributed by atoms with van der Waals surface area (Å²) < 4.78 is 5.28. The quantitative estimate of drug-likeness (QED) is 0.790. The fraction of sp³-hybridized carbons (Fsp3) is 0.778. The van der Waals surface area contributed by atoms with E-state index in [4.69, 9.17) is 4.74 Å². The molecule has 0 saturated heterocycles. The number of nitrogens with one attached hydrogen (secondary N) is 1. The van der Waals surface area contributed by atoms with Crippen molar-refractivity contribution >= 4 is 12.0 Å². The minimum atomic E-state index is -0.510. The lowest BCUT2D eigenvalue weighted by Crippen LogP contribution is -2.39. The van der Waals surface area contributed by atoms with Crippen molar-refractivity contribution in [2.45, 2.75) is 54.1 Å². The van der Waals surface area contributed by atoms with Crippen molar-refractivity contribution in [1.82, 2.24) is 10.2 Å². The van der Waals surface area contributed by atoms with Gasteiger partial charge < -0.3 is 15.0 Å². The van der Waals surface area contributed by atoms with Gasteiger partial charge >= 0.3 is 6.09 Å². The van der Waals surface area contributed by atoms with Gasteiger partial charge in [0.15, 0.2) is 0 Å². The van der Waals surface area contributed by atoms with Crippen molar-refractivity contribution in [2.24, 2.45) is 17.3 Å². The molecule has 5 heteroatoms. The van der Waals surface area contributed by atoms with E-state index in [9.17, 15) is 9.59 Å². The SMILES string of the molecule is CC(C)=C[C@@H]1[C@@H](C(=O)NCCN(C)C(=O)OC(C)(C)C)C1(C)C. The zero-order valence-electron chi connectivity index (χ0n) is 15.8. The molecule has 132 valence electrons. The van der Waals surface area contributed by atoms with E-state index in [0.717, 1.165) is 0 Å². The molecule has 1 aliphatic carbocycles. The number of ether oxygens (including phenoxy) is 1. The number of nitrogens with zero attached hydrogens (tertiary/aromatic N) is 1. The van der Waals surface area contributed by atoms with Crippen LogP contribution in [-0.4, -0.2) is 42.6 Å². The molecule has 0 aromatic rings. The monoisotopic (exact) mass is 324 g/mol. The second-order valence-electron chi connectivity index (χ2n) is 8.26. The van der Waals surface area contributed by atoms with Crippen LogP contribution in [0, 0.1) is 17.3 Å². The van der Waals surface area contributed by atoms with Gasteiger partial charge in [-0.05, 0) is 46.0 Å². The first-order valence-corrected chi connectivity index (χ1v) is 8.23. The molecule has 0 bridgehead atoms. The van der Waals surface area contributed by atoms with Crippen LogP contribution in [0.15, 0.2) is 11.6 Å². The van der Waals surface area contributed by atoms with Crippen molar-refractivity contribution in [3.63, 3.8) is 0 Å². The number of carbonyl (C=O) groups excluding carboxylic acids is 2. The van der Waals surface area contributed by atoms with Crippen molar-refractivity contribution in [1.29, 1.82) is 0 Å². The fourth-order valence-corrected chi connectivity index (χ4v) is 2.74. The van der Waals surface area contributed by atoms with Crippen molar-refractivity contribution in [3.8, 4) is 0 Å². The molecule has 0 aromatic carbocycles. The van der Waals surface area contributed by atoms with Gasteiger partial charge in [0.1, 0.15) is 5.60 Å². The highest BCUT2D eigenvalue weighted by Crippen LogP contribution is 2.59. The minimum absolute atomic E-state index is 0.0123. The molecule has 5 nitrogen and oxygen atoms in total. The second kappa shape index (κ2) is 6.93. The molecular weight excluding hydrogens is 292 g/mol. The number of hydrogen-bond acceptors (Lipinski definition) is 3. The van der Waals surface area contributed by atoms with Gasteiger partial charge in [-0.15, -0.1) is 0 Å². The summed E-state index contributed by atoms with van der Waals surface area (Å²) in [5, 5.41) is 2.93. The third-order valence-corrected chi connectivity index (χ3v) is 4.16. The van der Waals surface area contributed by atoms with Gasteiger partial charge in [0.05, 0.1) is 5.92 Å². The normalized spacial score (nSPS) is 22.1. The Kier molecular flexibility index (Phi) is 5.89. The number of amides is 2. The van der Waals surface area contributed by atoms with E-state index in [-0.39, 0.29) is 23.3 Å². The number of hydrogen-bond donors (Lipinski definition) is 1. The lowest BCUT2D eigenvalue weighted by molar-refractivity contribution is -0.123. The van der Waals surface area contributed by atoms with Crippen LogP contribution in [0.5, 0.6) is 0 Å². The number of allylic oxidation sites excluding steroid dienone is 2. The summed E-state index contributed by atoms with van der Waals surface area (Å²) in [5.74, 6) is 0.385. The fourth-order valence-electron chi connectivity index (χ4n) is 2.74. The Morgan fingerprint density at radius 2 is 1.83 bits per heavy atom. The molecule has 2 amide bonds. The second-order valence-corrected chi connectivity index (χ2v) is 8.26. The molecule has 23 heavy (non-hydrogen) atoms. The Balaban J connectivity index is 2.41. The summed E-state index contributed by atoms with van der Waals surface area (Å²) in [6.45, 7) is 14.7. The van der Waals surface area contributed by atoms with Crippen LogP contribution < -0.4 is 5.32 Å². The standard InChI is InChI=1S/C18H32N2O3/c1-12(2)11-13-14(18(13,6)7)15(21)19-9-10-20(8)16(22)23-17(3,4)5/h11,13-14H,9-10H2,1-8H3,(H,19,21)/t13-,14+/m1/s1. The highest BCUT2D eigenvalue weighted by atomic mass is 16.6. The highest BCUT2D eigenvalue weighted by molar-refractivity contribution is 5.83. The number of carbonyl (C=O) groups is 2. The number of likely N-dealkylation sites (N-methyl/N-ethyl adjacent to an activating group) is 1. The number of rotatable bonds is 5. The van der Waals surface area contributed by atoms with Gasteiger partial charge in [-0.1, -0.05) is 25.5 Å². The Bertz CT molecular complexity index is 485. The van der Waals surface area contributed by atoms with Crippen molar-refractivity contribution in [2.75, 3.05) is 20.1 Å². The molecule has 0 unspecified atom stereocenters. The summed E-state index contributed by atoms with van der Waals surface area (Å²) in [6.07, 6.45) is 1.80. The van der Waals surface area contributed by atoms with E-state index in [1.165, 1.54) is 10.5 Å². The van der Waals surface area contributed by atoms with E-state index in [1.54, 1.807) is 7.05 Å². The summed E-state index contributed by atoms with van der Waals surface area (Å²) in [4.78, 5) is 25.6. The van der Waals surface area contributed by atoms with Crippen LogP contribution in [0.2, 0.25) is 0 Å². The molecule has 1 aliphatic rings. The van der Waals surface area contributed by atoms with E-state index in [2.05, 4.69) is 39.1 Å². The molecule has 1 N–H and O–H groups in total. The zero-order valence-corrected chi connectivity index (χ0v) is 15.8. The highest BCUT2D eigenvalue weighted by Gasteiger charge is 2.60. The Labute approximate surface area is 140 Å². The summed E-state index contributed by atoms with van der Waals surface area (Å²) >= 11 is 0. The Hall–Kier alpha value is -1.52. The van der Waals surface area contributed by atoms with Crippen LogP contribution in [-0.2, 0) is 9.53 Å². The first kappa shape index (κ1) is 19.5. The van der Waals surface area contributed by atoms with Gasteiger partial charge in [0.25, 0.3) is 0 Å². The molecule has 2 atom stereocenters. The average molecular weight is 324 g/mol. The largest absolute Gasteiger partial charge is 0.444 e. The zero-order chi connectivity index (χ0) is 18.0. The molecule has 1 saturated carbocycles. The van der Waals surface area contributed by atoms with Crippen LogP contribution in [0.1, 0.15) is 48.5 Å². The van der Waals surface area contributed by atoms with Crippen LogP contribution in [0.25, 0.3) is 0 Å². The van der Waals surface area contributed by atoms with Crippen molar-refractivity contribution in [3.05, 3.63) is 11.6 Å². The molecule has 0 spiro atoms. The summed E-state index contributed by atoms with van der Waals surface area (Å²) in [6, 6.07) is 0. The predicted molar refractivity (Wildman–Crippen MR) is 92.1 cm³/mol. The van der Waals surface area contributed by atoms with E-state index >= 15 is 0 Å². The Morgan fingerprint density at radius 1 is 1.26 bits per heavy atom. The lowest BCUT2D eigenvalue weighted by atomic mass is 10.1. The maximum atomic E-state index is 12.3. The van der Waals surface area contributed by atoms with Crippen molar-refractivity contribution < 1.29 is 14.3 Å². The van der Waals surface area contributed by atoms with E-state index in [0.29, 0.717) is 19.0 Å². The molecule has 0 radical (unpaired) electrons. The predicted octanol–water partition coefficient (Wildman–Crippen LogP) is 3.21. The topological polar surface area (TPSA) is 58.6 Å². The lowest BCUT2D eigenvalue weighted by Gasteiger charge is -2.24. The maximum absolute atomic E-state index is 12.3. The van der Waals surface area contributed by atoms with Gasteiger partial charge in [-0.2, -0.15) is 0 Å². The summed E-state index contributed by atoms with van der Waals surface area (Å²) in [7, 11) is 1.67. The Morgan fingerprint density at radius 3 is 2.30 bits per heavy atom. The van der Waals surface area contributed by atoms with Gasteiger partial charge in [0, 0.05) is 20.1 Å². The van der Waals surface area contributed by atoms with Gasteiger partial charge in [-0.3, -0.25) is 4.79 Å². The molecule has 1 fully saturated rings. The van der Waals surface area contributed by atoms with Crippen LogP contribution in [0.4, 0.5) is 4.79 Å². The van der Waals surface area contributed by atoms with Gasteiger partial charge in [-0.25, -0.2) is 4.79 Å². The third-order valence-electron chi connectivity index (χ3n) is 4.16. The third kappa shape index (κ3) is 5.56. The van der Waals surface area contributed by atoms with Crippen LogP contribution in [0.3, 0.4) is 0 Å². The first-order valence-electron chi connectivity index (χ1n) is 8.23. The molecule has 0 aromatic heterocycles. The average Bonchev–Trinajstić information content (AvgIpc) is 2.87. The minimum Gasteiger partial charge on any atom is -0.444 e.